The average molecular weight is 339 g/mol. The van der Waals surface area contributed by atoms with Gasteiger partial charge in [-0.2, -0.15) is 4.98 Å². The van der Waals surface area contributed by atoms with Gasteiger partial charge < -0.3 is 15.1 Å². The zero-order valence-corrected chi connectivity index (χ0v) is 14.9. The van der Waals surface area contributed by atoms with Crippen LogP contribution in [0.5, 0.6) is 0 Å². The molecule has 6 heteroatoms. The van der Waals surface area contributed by atoms with E-state index in [9.17, 15) is 4.79 Å². The standard InChI is InChI=1S/C19H25N5O/c1-3-15-6-5-7-16(4-2)18(15)21-17-8-9-20-19(22-17)24-12-10-23(14-25)11-13-24/h5-9,14H,3-4,10-13H2,1-2H3,(H,20,21,22). The largest absolute Gasteiger partial charge is 0.342 e. The van der Waals surface area contributed by atoms with Crippen LogP contribution in [0, 0.1) is 0 Å². The van der Waals surface area contributed by atoms with Crippen LogP contribution in [0.15, 0.2) is 30.5 Å². The Hall–Kier alpha value is -2.63. The smallest absolute Gasteiger partial charge is 0.227 e. The number of hydrogen-bond acceptors (Lipinski definition) is 5. The van der Waals surface area contributed by atoms with E-state index in [1.807, 2.05) is 6.07 Å². The van der Waals surface area contributed by atoms with Gasteiger partial charge >= 0.3 is 0 Å². The molecule has 1 aromatic carbocycles. The van der Waals surface area contributed by atoms with Crippen molar-refractivity contribution in [1.29, 1.82) is 0 Å². The van der Waals surface area contributed by atoms with E-state index in [1.54, 1.807) is 11.1 Å². The van der Waals surface area contributed by atoms with Crippen LogP contribution in [0.1, 0.15) is 25.0 Å². The summed E-state index contributed by atoms with van der Waals surface area (Å²) in [6.45, 7) is 7.27. The lowest BCUT2D eigenvalue weighted by Crippen LogP contribution is -2.46. The summed E-state index contributed by atoms with van der Waals surface area (Å²) in [5, 5.41) is 3.50. The summed E-state index contributed by atoms with van der Waals surface area (Å²) in [6, 6.07) is 8.32. The van der Waals surface area contributed by atoms with Gasteiger partial charge in [-0.05, 0) is 30.0 Å². The fourth-order valence-electron chi connectivity index (χ4n) is 3.13. The van der Waals surface area contributed by atoms with E-state index in [2.05, 4.69) is 47.2 Å². The van der Waals surface area contributed by atoms with Gasteiger partial charge in [0.15, 0.2) is 0 Å². The minimum absolute atomic E-state index is 0.711. The van der Waals surface area contributed by atoms with Crippen LogP contribution in [0.2, 0.25) is 0 Å². The molecule has 3 rings (SSSR count). The minimum atomic E-state index is 0.711. The lowest BCUT2D eigenvalue weighted by molar-refractivity contribution is -0.118. The van der Waals surface area contributed by atoms with Crippen LogP contribution in [0.3, 0.4) is 0 Å². The Morgan fingerprint density at radius 2 is 1.76 bits per heavy atom. The highest BCUT2D eigenvalue weighted by molar-refractivity contribution is 5.65. The number of carbonyl (C=O) groups is 1. The van der Waals surface area contributed by atoms with Crippen molar-refractivity contribution in [1.82, 2.24) is 14.9 Å². The van der Waals surface area contributed by atoms with Crippen molar-refractivity contribution < 1.29 is 4.79 Å². The Morgan fingerprint density at radius 3 is 2.36 bits per heavy atom. The van der Waals surface area contributed by atoms with E-state index in [0.717, 1.165) is 43.8 Å². The Balaban J connectivity index is 1.80. The van der Waals surface area contributed by atoms with Crippen LogP contribution < -0.4 is 10.2 Å². The molecule has 1 fully saturated rings. The molecule has 0 bridgehead atoms. The third-order valence-corrected chi connectivity index (χ3v) is 4.64. The molecule has 0 radical (unpaired) electrons. The normalized spacial score (nSPS) is 14.5. The van der Waals surface area contributed by atoms with Crippen LogP contribution >= 0.6 is 0 Å². The molecule has 1 N–H and O–H groups in total. The van der Waals surface area contributed by atoms with Crippen molar-refractivity contribution in [2.24, 2.45) is 0 Å². The van der Waals surface area contributed by atoms with Crippen molar-refractivity contribution in [2.75, 3.05) is 36.4 Å². The van der Waals surface area contributed by atoms with E-state index in [1.165, 1.54) is 11.1 Å². The average Bonchev–Trinajstić information content (AvgIpc) is 2.68. The number of aryl methyl sites for hydroxylation is 2. The van der Waals surface area contributed by atoms with E-state index in [4.69, 9.17) is 4.98 Å². The highest BCUT2D eigenvalue weighted by Gasteiger charge is 2.18. The van der Waals surface area contributed by atoms with Crippen LogP contribution in [-0.2, 0) is 17.6 Å². The summed E-state index contributed by atoms with van der Waals surface area (Å²) < 4.78 is 0. The maximum absolute atomic E-state index is 10.8. The number of para-hydroxylation sites is 1. The molecule has 25 heavy (non-hydrogen) atoms. The zero-order valence-electron chi connectivity index (χ0n) is 14.9. The second kappa shape index (κ2) is 7.96. The van der Waals surface area contributed by atoms with Gasteiger partial charge in [0, 0.05) is 38.1 Å². The molecule has 2 aromatic rings. The number of hydrogen-bond donors (Lipinski definition) is 1. The summed E-state index contributed by atoms with van der Waals surface area (Å²) >= 11 is 0. The molecule has 1 saturated heterocycles. The Kier molecular flexibility index (Phi) is 5.48. The molecular formula is C19H25N5O. The maximum atomic E-state index is 10.8. The van der Waals surface area contributed by atoms with Gasteiger partial charge in [-0.25, -0.2) is 4.98 Å². The monoisotopic (exact) mass is 339 g/mol. The topological polar surface area (TPSA) is 61.4 Å². The molecule has 2 heterocycles. The van der Waals surface area contributed by atoms with Crippen molar-refractivity contribution in [3.05, 3.63) is 41.6 Å². The number of carbonyl (C=O) groups excluding carboxylic acids is 1. The molecule has 0 spiro atoms. The van der Waals surface area contributed by atoms with Crippen LogP contribution in [0.4, 0.5) is 17.5 Å². The summed E-state index contributed by atoms with van der Waals surface area (Å²) in [5.74, 6) is 1.51. The molecule has 6 nitrogen and oxygen atoms in total. The molecule has 0 aliphatic carbocycles. The van der Waals surface area contributed by atoms with Gasteiger partial charge in [-0.15, -0.1) is 0 Å². The van der Waals surface area contributed by atoms with Crippen LogP contribution in [-0.4, -0.2) is 47.5 Å². The number of benzene rings is 1. The van der Waals surface area contributed by atoms with Crippen molar-refractivity contribution in [3.63, 3.8) is 0 Å². The van der Waals surface area contributed by atoms with Gasteiger partial charge in [0.2, 0.25) is 12.4 Å². The molecule has 1 aliphatic heterocycles. The SMILES string of the molecule is CCc1cccc(CC)c1Nc1ccnc(N2CCN(C=O)CC2)n1. The van der Waals surface area contributed by atoms with E-state index in [0.29, 0.717) is 19.0 Å². The van der Waals surface area contributed by atoms with Gasteiger partial charge in [-0.3, -0.25) is 4.79 Å². The maximum Gasteiger partial charge on any atom is 0.227 e. The Bertz CT molecular complexity index is 703. The fraction of sp³-hybridized carbons (Fsp3) is 0.421. The first-order valence-electron chi connectivity index (χ1n) is 8.90. The molecule has 1 amide bonds. The lowest BCUT2D eigenvalue weighted by Gasteiger charge is -2.32. The third-order valence-electron chi connectivity index (χ3n) is 4.64. The second-order valence-electron chi connectivity index (χ2n) is 6.15. The molecule has 1 aliphatic rings. The zero-order chi connectivity index (χ0) is 17.6. The Morgan fingerprint density at radius 1 is 1.08 bits per heavy atom. The van der Waals surface area contributed by atoms with Gasteiger partial charge in [0.25, 0.3) is 0 Å². The van der Waals surface area contributed by atoms with Gasteiger partial charge in [0.05, 0.1) is 0 Å². The summed E-state index contributed by atoms with van der Waals surface area (Å²) in [7, 11) is 0. The van der Waals surface area contributed by atoms with Crippen molar-refractivity contribution >= 4 is 23.9 Å². The molecular weight excluding hydrogens is 314 g/mol. The highest BCUT2D eigenvalue weighted by Crippen LogP contribution is 2.26. The third kappa shape index (κ3) is 3.90. The summed E-state index contributed by atoms with van der Waals surface area (Å²) in [6.07, 6.45) is 4.64. The van der Waals surface area contributed by atoms with E-state index < -0.39 is 0 Å². The van der Waals surface area contributed by atoms with E-state index in [-0.39, 0.29) is 0 Å². The molecule has 1 aromatic heterocycles. The van der Waals surface area contributed by atoms with Crippen LogP contribution in [0.25, 0.3) is 0 Å². The van der Waals surface area contributed by atoms with Crippen molar-refractivity contribution in [3.8, 4) is 0 Å². The van der Waals surface area contributed by atoms with Gasteiger partial charge in [0.1, 0.15) is 5.82 Å². The Labute approximate surface area is 148 Å². The number of piperazine rings is 1. The summed E-state index contributed by atoms with van der Waals surface area (Å²) in [5.41, 5.74) is 3.74. The summed E-state index contributed by atoms with van der Waals surface area (Å²) in [4.78, 5) is 23.9. The predicted octanol–water partition coefficient (Wildman–Crippen LogP) is 2.62. The second-order valence-corrected chi connectivity index (χ2v) is 6.15. The molecule has 0 unspecified atom stereocenters. The quantitative estimate of drug-likeness (QED) is 0.820. The van der Waals surface area contributed by atoms with E-state index >= 15 is 0 Å². The number of anilines is 3. The number of amides is 1. The highest BCUT2D eigenvalue weighted by atomic mass is 16.1. The predicted molar refractivity (Wildman–Crippen MR) is 100 cm³/mol. The van der Waals surface area contributed by atoms with Gasteiger partial charge in [-0.1, -0.05) is 32.0 Å². The number of aromatic nitrogens is 2. The number of nitrogens with one attached hydrogen (secondary N) is 1. The number of rotatable bonds is 6. The fourth-order valence-corrected chi connectivity index (χ4v) is 3.13. The van der Waals surface area contributed by atoms with Crippen molar-refractivity contribution in [2.45, 2.75) is 26.7 Å². The first kappa shape index (κ1) is 17.2. The molecule has 132 valence electrons. The first-order chi connectivity index (χ1) is 12.2. The first-order valence-corrected chi connectivity index (χ1v) is 8.90. The molecule has 0 saturated carbocycles. The molecule has 0 atom stereocenters. The minimum Gasteiger partial charge on any atom is -0.342 e. The lowest BCUT2D eigenvalue weighted by atomic mass is 10.0. The number of nitrogens with zero attached hydrogens (tertiary/aromatic N) is 4.